The van der Waals surface area contributed by atoms with E-state index in [2.05, 4.69) is 22.2 Å². The molecule has 0 bridgehead atoms. The summed E-state index contributed by atoms with van der Waals surface area (Å²) in [5.74, 6) is 1.33. The molecule has 5 nitrogen and oxygen atoms in total. The maximum atomic E-state index is 9.50. The van der Waals surface area contributed by atoms with E-state index < -0.39 is 0 Å². The first kappa shape index (κ1) is 15.5. The Labute approximate surface area is 129 Å². The van der Waals surface area contributed by atoms with E-state index in [1.165, 1.54) is 6.07 Å². The van der Waals surface area contributed by atoms with Crippen molar-refractivity contribution < 1.29 is 9.84 Å². The van der Waals surface area contributed by atoms with Gasteiger partial charge in [-0.1, -0.05) is 18.5 Å². The number of phenolic OH excluding ortho intramolecular Hbond substituents is 1. The topological polar surface area (TPSA) is 67.3 Å². The van der Waals surface area contributed by atoms with Gasteiger partial charge >= 0.3 is 0 Å². The molecule has 6 heteroatoms. The predicted molar refractivity (Wildman–Crippen MR) is 83.6 cm³/mol. The molecule has 0 spiro atoms. The summed E-state index contributed by atoms with van der Waals surface area (Å²) in [4.78, 5) is 8.93. The van der Waals surface area contributed by atoms with Crippen LogP contribution in [0.15, 0.2) is 24.3 Å². The second kappa shape index (κ2) is 7.24. The normalized spacial score (nSPS) is 10.6. The lowest BCUT2D eigenvalue weighted by atomic mass is 10.2. The highest BCUT2D eigenvalue weighted by Crippen LogP contribution is 2.28. The SMILES string of the molecule is CCCNc1cc(COC)nc(-c2ccc(O)c(Cl)c2)n1. The molecule has 2 rings (SSSR count). The quantitative estimate of drug-likeness (QED) is 0.855. The lowest BCUT2D eigenvalue weighted by Crippen LogP contribution is -2.06. The summed E-state index contributed by atoms with van der Waals surface area (Å²) < 4.78 is 5.14. The van der Waals surface area contributed by atoms with Crippen molar-refractivity contribution in [3.63, 3.8) is 0 Å². The van der Waals surface area contributed by atoms with Gasteiger partial charge in [-0.05, 0) is 24.6 Å². The fraction of sp³-hybridized carbons (Fsp3) is 0.333. The number of phenols is 1. The summed E-state index contributed by atoms with van der Waals surface area (Å²) in [5.41, 5.74) is 1.53. The minimum atomic E-state index is 0.0396. The number of aromatic hydroxyl groups is 1. The molecule has 0 aliphatic rings. The fourth-order valence-electron chi connectivity index (χ4n) is 1.84. The van der Waals surface area contributed by atoms with E-state index in [0.717, 1.165) is 30.0 Å². The Morgan fingerprint density at radius 1 is 1.29 bits per heavy atom. The van der Waals surface area contributed by atoms with Crippen molar-refractivity contribution in [2.75, 3.05) is 19.0 Å². The number of hydrogen-bond acceptors (Lipinski definition) is 5. The molecule has 1 heterocycles. The van der Waals surface area contributed by atoms with Crippen LogP contribution in [0.1, 0.15) is 19.0 Å². The summed E-state index contributed by atoms with van der Waals surface area (Å²) >= 11 is 5.94. The van der Waals surface area contributed by atoms with Gasteiger partial charge in [0.15, 0.2) is 5.82 Å². The van der Waals surface area contributed by atoms with Gasteiger partial charge in [0.25, 0.3) is 0 Å². The molecule has 0 fully saturated rings. The number of methoxy groups -OCH3 is 1. The Hall–Kier alpha value is -1.85. The molecule has 0 saturated carbocycles. The van der Waals surface area contributed by atoms with Crippen LogP contribution in [-0.2, 0) is 11.3 Å². The van der Waals surface area contributed by atoms with Crippen molar-refractivity contribution in [1.82, 2.24) is 9.97 Å². The number of halogens is 1. The van der Waals surface area contributed by atoms with Gasteiger partial charge in [0.05, 0.1) is 17.3 Å². The van der Waals surface area contributed by atoms with Gasteiger partial charge in [0.1, 0.15) is 11.6 Å². The zero-order valence-corrected chi connectivity index (χ0v) is 12.8. The molecule has 0 radical (unpaired) electrons. The summed E-state index contributed by atoms with van der Waals surface area (Å²) in [7, 11) is 1.62. The molecule has 112 valence electrons. The van der Waals surface area contributed by atoms with Crippen LogP contribution in [0.5, 0.6) is 5.75 Å². The molecule has 0 aliphatic heterocycles. The molecule has 2 aromatic rings. The third-order valence-corrected chi connectivity index (χ3v) is 3.14. The Kier molecular flexibility index (Phi) is 5.36. The first-order chi connectivity index (χ1) is 10.1. The predicted octanol–water partition coefficient (Wildman–Crippen LogP) is 3.47. The van der Waals surface area contributed by atoms with E-state index in [9.17, 15) is 5.11 Å². The molecular weight excluding hydrogens is 290 g/mol. The third kappa shape index (κ3) is 4.06. The van der Waals surface area contributed by atoms with Crippen LogP contribution in [0.3, 0.4) is 0 Å². The molecule has 1 aromatic heterocycles. The minimum absolute atomic E-state index is 0.0396. The van der Waals surface area contributed by atoms with Gasteiger partial charge in [0, 0.05) is 25.3 Å². The number of nitrogens with zero attached hydrogens (tertiary/aromatic N) is 2. The van der Waals surface area contributed by atoms with Gasteiger partial charge in [-0.25, -0.2) is 9.97 Å². The van der Waals surface area contributed by atoms with E-state index in [1.807, 2.05) is 6.07 Å². The minimum Gasteiger partial charge on any atom is -0.506 e. The summed E-state index contributed by atoms with van der Waals surface area (Å²) in [6.45, 7) is 3.33. The molecule has 1 aromatic carbocycles. The van der Waals surface area contributed by atoms with Crippen LogP contribution in [0, 0.1) is 0 Å². The van der Waals surface area contributed by atoms with Crippen molar-refractivity contribution in [1.29, 1.82) is 0 Å². The molecule has 0 saturated heterocycles. The van der Waals surface area contributed by atoms with E-state index >= 15 is 0 Å². The van der Waals surface area contributed by atoms with Gasteiger partial charge in [0.2, 0.25) is 0 Å². The molecule has 0 unspecified atom stereocenters. The number of nitrogens with one attached hydrogen (secondary N) is 1. The monoisotopic (exact) mass is 307 g/mol. The Balaban J connectivity index is 2.40. The fourth-order valence-corrected chi connectivity index (χ4v) is 2.02. The van der Waals surface area contributed by atoms with Crippen molar-refractivity contribution in [3.05, 3.63) is 35.0 Å². The zero-order chi connectivity index (χ0) is 15.2. The number of anilines is 1. The average Bonchev–Trinajstić information content (AvgIpc) is 2.48. The second-order valence-corrected chi connectivity index (χ2v) is 5.00. The summed E-state index contributed by atoms with van der Waals surface area (Å²) in [6.07, 6.45) is 1.00. The largest absolute Gasteiger partial charge is 0.506 e. The lowest BCUT2D eigenvalue weighted by Gasteiger charge is -2.10. The number of hydrogen-bond donors (Lipinski definition) is 2. The Morgan fingerprint density at radius 2 is 2.10 bits per heavy atom. The van der Waals surface area contributed by atoms with E-state index in [4.69, 9.17) is 16.3 Å². The van der Waals surface area contributed by atoms with Crippen molar-refractivity contribution in [3.8, 4) is 17.1 Å². The third-order valence-electron chi connectivity index (χ3n) is 2.83. The zero-order valence-electron chi connectivity index (χ0n) is 12.1. The number of benzene rings is 1. The first-order valence-electron chi connectivity index (χ1n) is 6.73. The van der Waals surface area contributed by atoms with Gasteiger partial charge < -0.3 is 15.2 Å². The van der Waals surface area contributed by atoms with Crippen LogP contribution in [0.2, 0.25) is 5.02 Å². The Morgan fingerprint density at radius 3 is 2.76 bits per heavy atom. The van der Waals surface area contributed by atoms with Crippen molar-refractivity contribution in [2.24, 2.45) is 0 Å². The molecular formula is C15H18ClN3O2. The van der Waals surface area contributed by atoms with E-state index in [0.29, 0.717) is 12.4 Å². The highest BCUT2D eigenvalue weighted by Gasteiger charge is 2.09. The maximum Gasteiger partial charge on any atom is 0.161 e. The first-order valence-corrected chi connectivity index (χ1v) is 7.11. The number of aromatic nitrogens is 2. The highest BCUT2D eigenvalue weighted by molar-refractivity contribution is 6.32. The maximum absolute atomic E-state index is 9.50. The standard InChI is InChI=1S/C15H18ClN3O2/c1-3-6-17-14-8-11(9-21-2)18-15(19-14)10-4-5-13(20)12(16)7-10/h4-5,7-8,20H,3,6,9H2,1-2H3,(H,17,18,19). The lowest BCUT2D eigenvalue weighted by molar-refractivity contribution is 0.181. The second-order valence-electron chi connectivity index (χ2n) is 4.59. The van der Waals surface area contributed by atoms with Crippen LogP contribution >= 0.6 is 11.6 Å². The smallest absolute Gasteiger partial charge is 0.161 e. The van der Waals surface area contributed by atoms with Crippen LogP contribution in [0.25, 0.3) is 11.4 Å². The van der Waals surface area contributed by atoms with Crippen LogP contribution in [0.4, 0.5) is 5.82 Å². The van der Waals surface area contributed by atoms with Crippen molar-refractivity contribution in [2.45, 2.75) is 20.0 Å². The number of ether oxygens (including phenoxy) is 1. The van der Waals surface area contributed by atoms with Gasteiger partial charge in [-0.15, -0.1) is 0 Å². The molecule has 2 N–H and O–H groups in total. The average molecular weight is 308 g/mol. The van der Waals surface area contributed by atoms with Crippen molar-refractivity contribution >= 4 is 17.4 Å². The van der Waals surface area contributed by atoms with Crippen LogP contribution in [-0.4, -0.2) is 28.7 Å². The van der Waals surface area contributed by atoms with Gasteiger partial charge in [-0.2, -0.15) is 0 Å². The summed E-state index contributed by atoms with van der Waals surface area (Å²) in [6, 6.07) is 6.77. The molecule has 21 heavy (non-hydrogen) atoms. The Bertz CT molecular complexity index is 620. The summed E-state index contributed by atoms with van der Waals surface area (Å²) in [5, 5.41) is 13.0. The molecule has 0 atom stereocenters. The van der Waals surface area contributed by atoms with Crippen LogP contribution < -0.4 is 5.32 Å². The molecule has 0 amide bonds. The van der Waals surface area contributed by atoms with E-state index in [-0.39, 0.29) is 10.8 Å². The molecule has 0 aliphatic carbocycles. The van der Waals surface area contributed by atoms with E-state index in [1.54, 1.807) is 19.2 Å². The highest BCUT2D eigenvalue weighted by atomic mass is 35.5. The number of rotatable bonds is 6. The van der Waals surface area contributed by atoms with Gasteiger partial charge in [-0.3, -0.25) is 0 Å².